The van der Waals surface area contributed by atoms with Crippen molar-refractivity contribution in [1.82, 2.24) is 4.98 Å². The number of hydrogen-bond acceptors (Lipinski definition) is 7. The Balaban J connectivity index is 1.48. The number of aromatic nitrogens is 1. The molecule has 10 heteroatoms. The van der Waals surface area contributed by atoms with Crippen LogP contribution in [0.2, 0.25) is 5.02 Å². The van der Waals surface area contributed by atoms with Gasteiger partial charge in [-0.05, 0) is 47.2 Å². The van der Waals surface area contributed by atoms with Gasteiger partial charge in [0.15, 0.2) is 5.17 Å². The maximum atomic E-state index is 13.4. The third-order valence-corrected chi connectivity index (χ3v) is 7.48. The third-order valence-electron chi connectivity index (χ3n) is 5.25. The van der Waals surface area contributed by atoms with E-state index in [9.17, 15) is 14.9 Å². The Labute approximate surface area is 219 Å². The minimum Gasteiger partial charge on any atom is -0.268 e. The van der Waals surface area contributed by atoms with Crippen molar-refractivity contribution in [3.63, 3.8) is 0 Å². The zero-order valence-corrected chi connectivity index (χ0v) is 21.0. The van der Waals surface area contributed by atoms with E-state index >= 15 is 0 Å². The molecule has 0 aliphatic carbocycles. The quantitative estimate of drug-likeness (QED) is 0.150. The molecule has 7 nitrogen and oxygen atoms in total. The van der Waals surface area contributed by atoms with Gasteiger partial charge in [-0.2, -0.15) is 4.99 Å². The normalized spacial score (nSPS) is 15.7. The summed E-state index contributed by atoms with van der Waals surface area (Å²) in [5, 5.41) is 12.8. The molecule has 2 heterocycles. The number of nitrogens with zero attached hydrogens (tertiary/aromatic N) is 4. The zero-order chi connectivity index (χ0) is 25.1. The number of nitro groups is 1. The highest BCUT2D eigenvalue weighted by atomic mass is 35.5. The summed E-state index contributed by atoms with van der Waals surface area (Å²) in [4.78, 5) is 36.2. The number of carbonyl (C=O) groups excluding carboxylic acids is 1. The first kappa shape index (κ1) is 23.9. The van der Waals surface area contributed by atoms with E-state index in [0.29, 0.717) is 37.9 Å². The van der Waals surface area contributed by atoms with Gasteiger partial charge in [0.2, 0.25) is 5.13 Å². The summed E-state index contributed by atoms with van der Waals surface area (Å²) in [6.07, 6.45) is 4.04. The monoisotopic (exact) mass is 532 g/mol. The van der Waals surface area contributed by atoms with Gasteiger partial charge in [0, 0.05) is 34.7 Å². The Hall–Kier alpha value is -3.79. The van der Waals surface area contributed by atoms with E-state index in [4.69, 9.17) is 16.6 Å². The molecular formula is C26H17ClN4O3S2. The van der Waals surface area contributed by atoms with Gasteiger partial charge in [-0.1, -0.05) is 71.5 Å². The molecule has 1 aliphatic heterocycles. The summed E-state index contributed by atoms with van der Waals surface area (Å²) in [7, 11) is 0. The third kappa shape index (κ3) is 5.23. The van der Waals surface area contributed by atoms with Crippen LogP contribution in [-0.2, 0) is 11.2 Å². The fourth-order valence-corrected chi connectivity index (χ4v) is 5.62. The number of amides is 1. The van der Waals surface area contributed by atoms with Crippen molar-refractivity contribution in [2.75, 3.05) is 4.90 Å². The van der Waals surface area contributed by atoms with Gasteiger partial charge in [0.25, 0.3) is 11.6 Å². The number of non-ortho nitro benzene ring substituents is 1. The highest BCUT2D eigenvalue weighted by Crippen LogP contribution is 2.38. The topological polar surface area (TPSA) is 88.7 Å². The molecule has 0 radical (unpaired) electrons. The van der Waals surface area contributed by atoms with E-state index in [1.54, 1.807) is 24.4 Å². The summed E-state index contributed by atoms with van der Waals surface area (Å²) in [6.45, 7) is 0. The minimum atomic E-state index is -0.461. The van der Waals surface area contributed by atoms with Crippen molar-refractivity contribution in [2.45, 2.75) is 6.42 Å². The van der Waals surface area contributed by atoms with Gasteiger partial charge in [-0.15, -0.1) is 0 Å². The highest BCUT2D eigenvalue weighted by Gasteiger charge is 2.35. The minimum absolute atomic E-state index is 0.0394. The van der Waals surface area contributed by atoms with Crippen LogP contribution in [0.1, 0.15) is 16.0 Å². The predicted molar refractivity (Wildman–Crippen MR) is 146 cm³/mol. The van der Waals surface area contributed by atoms with Gasteiger partial charge in [0.05, 0.1) is 15.5 Å². The number of thiazole rings is 1. The molecule has 4 aromatic rings. The maximum absolute atomic E-state index is 13.4. The van der Waals surface area contributed by atoms with Crippen LogP contribution in [0.15, 0.2) is 95.0 Å². The average Bonchev–Trinajstić information content (AvgIpc) is 3.44. The maximum Gasteiger partial charge on any atom is 0.271 e. The molecule has 36 heavy (non-hydrogen) atoms. The number of halogens is 1. The summed E-state index contributed by atoms with van der Waals surface area (Å²) >= 11 is 8.93. The molecule has 0 N–H and O–H groups in total. The second-order valence-electron chi connectivity index (χ2n) is 7.71. The van der Waals surface area contributed by atoms with Crippen molar-refractivity contribution >= 4 is 68.4 Å². The Morgan fingerprint density at radius 3 is 2.61 bits per heavy atom. The Morgan fingerprint density at radius 1 is 1.06 bits per heavy atom. The lowest BCUT2D eigenvalue weighted by Gasteiger charge is -2.14. The Bertz CT molecular complexity index is 1520. The Morgan fingerprint density at radius 2 is 1.83 bits per heavy atom. The number of thioether (sulfide) groups is 1. The average molecular weight is 533 g/mol. The van der Waals surface area contributed by atoms with Crippen LogP contribution in [0.4, 0.5) is 16.5 Å². The molecule has 1 amide bonds. The van der Waals surface area contributed by atoms with E-state index in [1.165, 1.54) is 40.1 Å². The summed E-state index contributed by atoms with van der Waals surface area (Å²) in [6, 6.07) is 23.0. The van der Waals surface area contributed by atoms with E-state index < -0.39 is 4.92 Å². The van der Waals surface area contributed by atoms with Crippen molar-refractivity contribution < 1.29 is 9.72 Å². The van der Waals surface area contributed by atoms with Crippen LogP contribution >= 0.6 is 34.7 Å². The first-order valence-electron chi connectivity index (χ1n) is 10.8. The first-order valence-corrected chi connectivity index (χ1v) is 12.8. The Kier molecular flexibility index (Phi) is 6.95. The molecule has 1 saturated heterocycles. The molecule has 1 aromatic heterocycles. The molecule has 0 saturated carbocycles. The van der Waals surface area contributed by atoms with E-state index in [2.05, 4.69) is 4.98 Å². The number of aliphatic imine (C=N–C) groups is 1. The van der Waals surface area contributed by atoms with Crippen molar-refractivity contribution in [2.24, 2.45) is 4.99 Å². The van der Waals surface area contributed by atoms with Crippen LogP contribution < -0.4 is 4.90 Å². The van der Waals surface area contributed by atoms with Gasteiger partial charge in [-0.25, -0.2) is 4.98 Å². The summed E-state index contributed by atoms with van der Waals surface area (Å²) in [5.74, 6) is -0.260. The predicted octanol–water partition coefficient (Wildman–Crippen LogP) is 7.10. The smallest absolute Gasteiger partial charge is 0.268 e. The van der Waals surface area contributed by atoms with Gasteiger partial charge >= 0.3 is 0 Å². The van der Waals surface area contributed by atoms with Gasteiger partial charge < -0.3 is 0 Å². The number of nitro benzene ring substituents is 1. The largest absolute Gasteiger partial charge is 0.271 e. The first-order chi connectivity index (χ1) is 17.5. The molecule has 0 bridgehead atoms. The summed E-state index contributed by atoms with van der Waals surface area (Å²) in [5.41, 5.74) is 2.19. The van der Waals surface area contributed by atoms with Gasteiger partial charge in [0.1, 0.15) is 0 Å². The highest BCUT2D eigenvalue weighted by molar-refractivity contribution is 8.19. The lowest BCUT2D eigenvalue weighted by Crippen LogP contribution is -2.28. The van der Waals surface area contributed by atoms with Crippen molar-refractivity contribution in [1.29, 1.82) is 0 Å². The second kappa shape index (κ2) is 10.4. The molecule has 0 unspecified atom stereocenters. The number of anilines is 1. The SMILES string of the molecule is O=C1/C(=C\c2cccc([N+](=O)[O-])c2)S/C(=N/c2ncc(Cc3ccccc3Cl)s2)N1c1ccccc1. The molecule has 178 valence electrons. The molecule has 3 aromatic carbocycles. The molecule has 5 rings (SSSR count). The van der Waals surface area contributed by atoms with E-state index in [-0.39, 0.29) is 11.6 Å². The standard InChI is InChI=1S/C26H17ClN4O3S2/c27-22-12-5-4-8-18(22)15-21-16-28-25(35-21)29-26-30(19-9-2-1-3-10-19)24(32)23(36-26)14-17-7-6-11-20(13-17)31(33)34/h1-14,16H,15H2/b23-14+,29-26+. The fraction of sp³-hybridized carbons (Fsp3) is 0.0385. The van der Waals surface area contributed by atoms with Crippen molar-refractivity contribution in [3.05, 3.63) is 121 Å². The fourth-order valence-electron chi connectivity index (χ4n) is 3.57. The molecule has 0 spiro atoms. The molecule has 1 aliphatic rings. The number of carbonyl (C=O) groups is 1. The number of benzene rings is 3. The van der Waals surface area contributed by atoms with Crippen LogP contribution in [0.25, 0.3) is 6.08 Å². The van der Waals surface area contributed by atoms with Crippen LogP contribution in [0, 0.1) is 10.1 Å². The number of rotatable bonds is 6. The van der Waals surface area contributed by atoms with Crippen LogP contribution in [-0.4, -0.2) is 21.0 Å². The molecular weight excluding hydrogens is 516 g/mol. The molecule has 0 atom stereocenters. The summed E-state index contributed by atoms with van der Waals surface area (Å²) < 4.78 is 0. The molecule has 1 fully saturated rings. The van der Waals surface area contributed by atoms with Crippen LogP contribution in [0.5, 0.6) is 0 Å². The van der Waals surface area contributed by atoms with Crippen LogP contribution in [0.3, 0.4) is 0 Å². The lowest BCUT2D eigenvalue weighted by atomic mass is 10.1. The van der Waals surface area contributed by atoms with Gasteiger partial charge in [-0.3, -0.25) is 19.8 Å². The number of hydrogen-bond donors (Lipinski definition) is 0. The second-order valence-corrected chi connectivity index (χ2v) is 10.2. The van der Waals surface area contributed by atoms with Crippen molar-refractivity contribution in [3.8, 4) is 0 Å². The van der Waals surface area contributed by atoms with E-state index in [1.807, 2.05) is 54.6 Å². The number of amidine groups is 1. The number of para-hydroxylation sites is 1. The zero-order valence-electron chi connectivity index (χ0n) is 18.6. The van der Waals surface area contributed by atoms with E-state index in [0.717, 1.165) is 10.4 Å². The lowest BCUT2D eigenvalue weighted by molar-refractivity contribution is -0.384.